The number of fused-ring (bicyclic) bond motifs is 1. The largest absolute Gasteiger partial charge is 0.473 e. The Labute approximate surface area is 87.7 Å². The molecule has 4 nitrogen and oxygen atoms in total. The zero-order valence-corrected chi connectivity index (χ0v) is 8.64. The van der Waals surface area contributed by atoms with Gasteiger partial charge < -0.3 is 9.14 Å². The van der Waals surface area contributed by atoms with Gasteiger partial charge in [-0.1, -0.05) is 0 Å². The summed E-state index contributed by atoms with van der Waals surface area (Å²) in [6, 6.07) is 5.70. The molecule has 0 spiro atoms. The van der Waals surface area contributed by atoms with E-state index in [-0.39, 0.29) is 0 Å². The lowest BCUT2D eigenvalue weighted by Gasteiger charge is -2.17. The Kier molecular flexibility index (Phi) is 2.09. The standard InChI is InChI=1S/C11H11N3O/c1-11(2,8-12)15-9-3-5-14-6-4-13-10(14)7-9/h3-7H,1-2H3. The fraction of sp³-hybridized carbons (Fsp3) is 0.273. The van der Waals surface area contributed by atoms with E-state index < -0.39 is 5.60 Å². The summed E-state index contributed by atoms with van der Waals surface area (Å²) in [5, 5.41) is 8.83. The molecular weight excluding hydrogens is 190 g/mol. The number of imidazole rings is 1. The fourth-order valence-electron chi connectivity index (χ4n) is 1.27. The lowest BCUT2D eigenvalue weighted by Crippen LogP contribution is -2.25. The predicted octanol–water partition coefficient (Wildman–Crippen LogP) is 2.02. The van der Waals surface area contributed by atoms with Gasteiger partial charge in [0.25, 0.3) is 0 Å². The molecule has 0 bridgehead atoms. The highest BCUT2D eigenvalue weighted by Crippen LogP contribution is 2.18. The highest BCUT2D eigenvalue weighted by molar-refractivity contribution is 5.44. The van der Waals surface area contributed by atoms with Gasteiger partial charge in [0.15, 0.2) is 5.60 Å². The molecule has 0 unspecified atom stereocenters. The van der Waals surface area contributed by atoms with E-state index in [1.54, 1.807) is 26.1 Å². The summed E-state index contributed by atoms with van der Waals surface area (Å²) in [4.78, 5) is 4.14. The number of nitrogens with zero attached hydrogens (tertiary/aromatic N) is 3. The van der Waals surface area contributed by atoms with E-state index in [1.165, 1.54) is 0 Å². The van der Waals surface area contributed by atoms with Gasteiger partial charge in [0, 0.05) is 24.7 Å². The molecule has 0 fully saturated rings. The number of aromatic nitrogens is 2. The summed E-state index contributed by atoms with van der Waals surface area (Å²) >= 11 is 0. The molecule has 0 radical (unpaired) electrons. The third-order valence-corrected chi connectivity index (χ3v) is 2.01. The average molecular weight is 201 g/mol. The number of hydrogen-bond acceptors (Lipinski definition) is 3. The molecule has 0 saturated carbocycles. The lowest BCUT2D eigenvalue weighted by atomic mass is 10.2. The third kappa shape index (κ3) is 1.91. The number of hydrogen-bond donors (Lipinski definition) is 0. The molecule has 0 atom stereocenters. The van der Waals surface area contributed by atoms with Gasteiger partial charge in [0.2, 0.25) is 0 Å². The molecule has 2 aromatic heterocycles. The monoisotopic (exact) mass is 201 g/mol. The molecule has 2 heterocycles. The number of rotatable bonds is 2. The molecule has 2 aromatic rings. The minimum absolute atomic E-state index is 0.653. The molecule has 76 valence electrons. The Balaban J connectivity index is 2.33. The van der Waals surface area contributed by atoms with Crippen LogP contribution in [0.1, 0.15) is 13.8 Å². The van der Waals surface area contributed by atoms with Crippen molar-refractivity contribution in [3.8, 4) is 11.8 Å². The molecule has 0 saturated heterocycles. The zero-order valence-electron chi connectivity index (χ0n) is 8.64. The fourth-order valence-corrected chi connectivity index (χ4v) is 1.27. The van der Waals surface area contributed by atoms with Gasteiger partial charge in [-0.2, -0.15) is 5.26 Å². The van der Waals surface area contributed by atoms with Crippen LogP contribution in [-0.4, -0.2) is 15.0 Å². The number of pyridine rings is 1. The highest BCUT2D eigenvalue weighted by atomic mass is 16.5. The van der Waals surface area contributed by atoms with Crippen LogP contribution in [0.4, 0.5) is 0 Å². The van der Waals surface area contributed by atoms with E-state index in [9.17, 15) is 0 Å². The van der Waals surface area contributed by atoms with Crippen LogP contribution in [0.25, 0.3) is 5.65 Å². The molecular formula is C11H11N3O. The predicted molar refractivity (Wildman–Crippen MR) is 55.5 cm³/mol. The second-order valence-electron chi connectivity index (χ2n) is 3.78. The van der Waals surface area contributed by atoms with Gasteiger partial charge in [0.05, 0.1) is 0 Å². The van der Waals surface area contributed by atoms with Crippen molar-refractivity contribution in [3.63, 3.8) is 0 Å². The molecule has 0 amide bonds. The van der Waals surface area contributed by atoms with Crippen molar-refractivity contribution in [1.82, 2.24) is 9.38 Å². The van der Waals surface area contributed by atoms with Crippen LogP contribution in [0.15, 0.2) is 30.7 Å². The van der Waals surface area contributed by atoms with E-state index in [1.807, 2.05) is 22.9 Å². The third-order valence-electron chi connectivity index (χ3n) is 2.01. The van der Waals surface area contributed by atoms with Gasteiger partial charge >= 0.3 is 0 Å². The Morgan fingerprint density at radius 2 is 2.27 bits per heavy atom. The van der Waals surface area contributed by atoms with Crippen molar-refractivity contribution >= 4 is 5.65 Å². The summed E-state index contributed by atoms with van der Waals surface area (Å²) in [5.41, 5.74) is -0.00784. The van der Waals surface area contributed by atoms with Crippen molar-refractivity contribution < 1.29 is 4.74 Å². The molecule has 0 aliphatic heterocycles. The van der Waals surface area contributed by atoms with Gasteiger partial charge in [-0.05, 0) is 19.9 Å². The first-order valence-electron chi connectivity index (χ1n) is 4.64. The second kappa shape index (κ2) is 3.28. The SMILES string of the molecule is CC(C)(C#N)Oc1ccn2ccnc2c1. The Morgan fingerprint density at radius 3 is 3.00 bits per heavy atom. The first-order chi connectivity index (χ1) is 7.11. The van der Waals surface area contributed by atoms with Crippen LogP contribution in [0, 0.1) is 11.3 Å². The van der Waals surface area contributed by atoms with Crippen LogP contribution < -0.4 is 4.74 Å². The van der Waals surface area contributed by atoms with Crippen molar-refractivity contribution in [2.45, 2.75) is 19.4 Å². The molecule has 0 N–H and O–H groups in total. The van der Waals surface area contributed by atoms with Crippen LogP contribution in [-0.2, 0) is 0 Å². The first kappa shape index (κ1) is 9.53. The molecule has 0 aromatic carbocycles. The van der Waals surface area contributed by atoms with Crippen LogP contribution in [0.2, 0.25) is 0 Å². The topological polar surface area (TPSA) is 50.3 Å². The van der Waals surface area contributed by atoms with Crippen molar-refractivity contribution in [1.29, 1.82) is 5.26 Å². The second-order valence-corrected chi connectivity index (χ2v) is 3.78. The van der Waals surface area contributed by atoms with Crippen molar-refractivity contribution in [3.05, 3.63) is 30.7 Å². The smallest absolute Gasteiger partial charge is 0.188 e. The van der Waals surface area contributed by atoms with E-state index in [0.29, 0.717) is 5.75 Å². The molecule has 4 heteroatoms. The minimum Gasteiger partial charge on any atom is -0.473 e. The van der Waals surface area contributed by atoms with Gasteiger partial charge in [0.1, 0.15) is 17.5 Å². The summed E-state index contributed by atoms with van der Waals surface area (Å²) in [7, 11) is 0. The number of ether oxygens (including phenoxy) is 1. The molecule has 15 heavy (non-hydrogen) atoms. The highest BCUT2D eigenvalue weighted by Gasteiger charge is 2.18. The van der Waals surface area contributed by atoms with Gasteiger partial charge in [-0.3, -0.25) is 0 Å². The molecule has 2 rings (SSSR count). The first-order valence-corrected chi connectivity index (χ1v) is 4.64. The molecule has 0 aliphatic rings. The maximum Gasteiger partial charge on any atom is 0.188 e. The Morgan fingerprint density at radius 1 is 1.47 bits per heavy atom. The summed E-state index contributed by atoms with van der Waals surface area (Å²) in [5.74, 6) is 0.653. The summed E-state index contributed by atoms with van der Waals surface area (Å²) in [6.07, 6.45) is 5.42. The van der Waals surface area contributed by atoms with E-state index in [4.69, 9.17) is 10.00 Å². The average Bonchev–Trinajstić information content (AvgIpc) is 2.64. The lowest BCUT2D eigenvalue weighted by molar-refractivity contribution is 0.170. The normalized spacial score (nSPS) is 11.3. The maximum absolute atomic E-state index is 8.83. The quantitative estimate of drug-likeness (QED) is 0.746. The minimum atomic E-state index is -0.815. The van der Waals surface area contributed by atoms with Crippen LogP contribution in [0.3, 0.4) is 0 Å². The van der Waals surface area contributed by atoms with E-state index in [0.717, 1.165) is 5.65 Å². The maximum atomic E-state index is 8.83. The number of nitriles is 1. The van der Waals surface area contributed by atoms with Gasteiger partial charge in [-0.25, -0.2) is 4.98 Å². The Hall–Kier alpha value is -2.02. The van der Waals surface area contributed by atoms with E-state index >= 15 is 0 Å². The Bertz CT molecular complexity index is 522. The zero-order chi connectivity index (χ0) is 10.9. The van der Waals surface area contributed by atoms with Gasteiger partial charge in [-0.15, -0.1) is 0 Å². The summed E-state index contributed by atoms with van der Waals surface area (Å²) in [6.45, 7) is 3.45. The van der Waals surface area contributed by atoms with Crippen LogP contribution >= 0.6 is 0 Å². The molecule has 0 aliphatic carbocycles. The van der Waals surface area contributed by atoms with Crippen LogP contribution in [0.5, 0.6) is 5.75 Å². The summed E-state index contributed by atoms with van der Waals surface area (Å²) < 4.78 is 7.40. The van der Waals surface area contributed by atoms with Crippen molar-refractivity contribution in [2.24, 2.45) is 0 Å². The van der Waals surface area contributed by atoms with Crippen molar-refractivity contribution in [2.75, 3.05) is 0 Å². The van der Waals surface area contributed by atoms with E-state index in [2.05, 4.69) is 11.1 Å².